The van der Waals surface area contributed by atoms with Gasteiger partial charge in [0.1, 0.15) is 6.04 Å². The van der Waals surface area contributed by atoms with E-state index in [1.54, 1.807) is 6.07 Å². The van der Waals surface area contributed by atoms with Gasteiger partial charge in [-0.05, 0) is 19.4 Å². The summed E-state index contributed by atoms with van der Waals surface area (Å²) >= 11 is 0. The van der Waals surface area contributed by atoms with E-state index < -0.39 is 6.04 Å². The van der Waals surface area contributed by atoms with Crippen molar-refractivity contribution in [1.29, 1.82) is 0 Å². The van der Waals surface area contributed by atoms with Gasteiger partial charge in [0.05, 0.1) is 0 Å². The molecule has 0 fully saturated rings. The zero-order valence-electron chi connectivity index (χ0n) is 10.9. The van der Waals surface area contributed by atoms with Gasteiger partial charge in [0.15, 0.2) is 0 Å². The smallest absolute Gasteiger partial charge is 0.244 e. The van der Waals surface area contributed by atoms with Gasteiger partial charge in [0, 0.05) is 6.54 Å². The van der Waals surface area contributed by atoms with Crippen molar-refractivity contribution in [3.05, 3.63) is 35.4 Å². The van der Waals surface area contributed by atoms with E-state index in [0.29, 0.717) is 6.54 Å². The van der Waals surface area contributed by atoms with Crippen molar-refractivity contribution in [1.82, 2.24) is 10.8 Å². The minimum absolute atomic E-state index is 0.231. The molecule has 1 atom stereocenters. The Morgan fingerprint density at radius 2 is 2.06 bits per heavy atom. The van der Waals surface area contributed by atoms with Crippen LogP contribution in [0.4, 0.5) is 0 Å². The Morgan fingerprint density at radius 1 is 1.41 bits per heavy atom. The maximum absolute atomic E-state index is 11.6. The topological polar surface area (TPSA) is 61.4 Å². The molecule has 0 heterocycles. The van der Waals surface area contributed by atoms with E-state index in [-0.39, 0.29) is 5.91 Å². The molecule has 1 rings (SSSR count). The number of hydrogen-bond donors (Lipinski definition) is 3. The number of hydrogen-bond acceptors (Lipinski definition) is 3. The summed E-state index contributed by atoms with van der Waals surface area (Å²) in [6.07, 6.45) is 0. The second-order valence-corrected chi connectivity index (χ2v) is 3.37. The van der Waals surface area contributed by atoms with Crippen molar-refractivity contribution in [3.63, 3.8) is 0 Å². The Morgan fingerprint density at radius 3 is 2.53 bits per heavy atom. The molecular formula is C13H22N2O2. The number of carbonyl (C=O) groups excluding carboxylic acids is 1. The third kappa shape index (κ3) is 4.97. The van der Waals surface area contributed by atoms with Gasteiger partial charge in [0.25, 0.3) is 0 Å². The van der Waals surface area contributed by atoms with E-state index in [2.05, 4.69) is 5.32 Å². The lowest BCUT2D eigenvalue weighted by atomic mass is 10.0. The van der Waals surface area contributed by atoms with Crippen LogP contribution < -0.4 is 10.8 Å². The first-order chi connectivity index (χ1) is 8.19. The fourth-order valence-electron chi connectivity index (χ4n) is 1.41. The number of benzene rings is 1. The minimum atomic E-state index is -0.704. The third-order valence-electron chi connectivity index (χ3n) is 2.12. The van der Waals surface area contributed by atoms with Crippen LogP contribution in [0.1, 0.15) is 37.9 Å². The highest BCUT2D eigenvalue weighted by molar-refractivity contribution is 5.83. The normalized spacial score (nSPS) is 11.1. The fraction of sp³-hybridized carbons (Fsp3) is 0.462. The number of hydroxylamine groups is 1. The van der Waals surface area contributed by atoms with Crippen LogP contribution in [0.15, 0.2) is 24.3 Å². The average molecular weight is 238 g/mol. The second-order valence-electron chi connectivity index (χ2n) is 3.37. The summed E-state index contributed by atoms with van der Waals surface area (Å²) in [5.74, 6) is -0.231. The quantitative estimate of drug-likeness (QED) is 0.705. The standard InChI is InChI=1S/C11H16N2O2.C2H6/c1-3-12-11(14)10(13-15)9-6-4-5-8(2)7-9;1-2/h4-7,10,13,15H,3H2,1-2H3,(H,12,14);1-2H3. The molecule has 0 aliphatic heterocycles. The minimum Gasteiger partial charge on any atom is -0.355 e. The van der Waals surface area contributed by atoms with E-state index in [9.17, 15) is 4.79 Å². The van der Waals surface area contributed by atoms with Crippen LogP contribution in [0.2, 0.25) is 0 Å². The van der Waals surface area contributed by atoms with Crippen LogP contribution in [0.3, 0.4) is 0 Å². The first kappa shape index (κ1) is 15.6. The number of rotatable bonds is 4. The highest BCUT2D eigenvalue weighted by Crippen LogP contribution is 2.13. The first-order valence-electron chi connectivity index (χ1n) is 5.93. The molecule has 1 aromatic rings. The average Bonchev–Trinajstić information content (AvgIpc) is 2.33. The number of amides is 1. The van der Waals surface area contributed by atoms with Crippen LogP contribution >= 0.6 is 0 Å². The van der Waals surface area contributed by atoms with E-state index in [4.69, 9.17) is 5.21 Å². The van der Waals surface area contributed by atoms with E-state index >= 15 is 0 Å². The van der Waals surface area contributed by atoms with Gasteiger partial charge < -0.3 is 10.5 Å². The molecule has 17 heavy (non-hydrogen) atoms. The fourth-order valence-corrected chi connectivity index (χ4v) is 1.41. The first-order valence-corrected chi connectivity index (χ1v) is 5.93. The Balaban J connectivity index is 0.00000121. The molecule has 0 aromatic heterocycles. The summed E-state index contributed by atoms with van der Waals surface area (Å²) in [6.45, 7) is 8.32. The molecular weight excluding hydrogens is 216 g/mol. The van der Waals surface area contributed by atoms with E-state index in [1.807, 2.05) is 51.4 Å². The summed E-state index contributed by atoms with van der Waals surface area (Å²) in [5, 5.41) is 11.6. The molecule has 1 unspecified atom stereocenters. The Bertz CT molecular complexity index is 340. The van der Waals surface area contributed by atoms with Gasteiger partial charge >= 0.3 is 0 Å². The second kappa shape index (κ2) is 8.73. The van der Waals surface area contributed by atoms with Crippen molar-refractivity contribution < 1.29 is 10.0 Å². The number of carbonyl (C=O) groups is 1. The molecule has 4 nitrogen and oxygen atoms in total. The molecule has 1 amide bonds. The predicted molar refractivity (Wildman–Crippen MR) is 68.9 cm³/mol. The van der Waals surface area contributed by atoms with Crippen LogP contribution in [-0.4, -0.2) is 17.7 Å². The molecule has 0 aliphatic carbocycles. The highest BCUT2D eigenvalue weighted by atomic mass is 16.5. The van der Waals surface area contributed by atoms with Gasteiger partial charge in [-0.15, -0.1) is 0 Å². The molecule has 0 spiro atoms. The molecule has 0 saturated heterocycles. The zero-order valence-corrected chi connectivity index (χ0v) is 10.9. The summed E-state index contributed by atoms with van der Waals surface area (Å²) < 4.78 is 0. The van der Waals surface area contributed by atoms with Crippen molar-refractivity contribution in [3.8, 4) is 0 Å². The lowest BCUT2D eigenvalue weighted by Gasteiger charge is -2.15. The Labute approximate surface area is 103 Å². The summed E-state index contributed by atoms with van der Waals surface area (Å²) in [7, 11) is 0. The lowest BCUT2D eigenvalue weighted by Crippen LogP contribution is -2.36. The van der Waals surface area contributed by atoms with E-state index in [1.165, 1.54) is 0 Å². The molecule has 1 aromatic carbocycles. The van der Waals surface area contributed by atoms with Gasteiger partial charge in [-0.25, -0.2) is 0 Å². The van der Waals surface area contributed by atoms with Crippen LogP contribution in [0, 0.1) is 6.92 Å². The van der Waals surface area contributed by atoms with Crippen LogP contribution in [-0.2, 0) is 4.79 Å². The van der Waals surface area contributed by atoms with Crippen molar-refractivity contribution in [2.75, 3.05) is 6.54 Å². The van der Waals surface area contributed by atoms with Gasteiger partial charge in [-0.2, -0.15) is 5.48 Å². The maximum atomic E-state index is 11.6. The van der Waals surface area contributed by atoms with Gasteiger partial charge in [0.2, 0.25) is 5.91 Å². The highest BCUT2D eigenvalue weighted by Gasteiger charge is 2.18. The monoisotopic (exact) mass is 238 g/mol. The maximum Gasteiger partial charge on any atom is 0.244 e. The number of nitrogens with one attached hydrogen (secondary N) is 2. The summed E-state index contributed by atoms with van der Waals surface area (Å²) in [4.78, 5) is 11.6. The van der Waals surface area contributed by atoms with Gasteiger partial charge in [-0.1, -0.05) is 43.7 Å². The van der Waals surface area contributed by atoms with E-state index in [0.717, 1.165) is 11.1 Å². The van der Waals surface area contributed by atoms with Gasteiger partial charge in [-0.3, -0.25) is 4.79 Å². The molecule has 96 valence electrons. The number of likely N-dealkylation sites (N-methyl/N-ethyl adjacent to an activating group) is 1. The SMILES string of the molecule is CC.CCNC(=O)C(NO)c1cccc(C)c1. The van der Waals surface area contributed by atoms with Crippen molar-refractivity contribution in [2.45, 2.75) is 33.7 Å². The molecule has 0 radical (unpaired) electrons. The summed E-state index contributed by atoms with van der Waals surface area (Å²) in [5.41, 5.74) is 3.82. The Kier molecular flexibility index (Phi) is 8.01. The Hall–Kier alpha value is -1.39. The van der Waals surface area contributed by atoms with Crippen LogP contribution in [0.25, 0.3) is 0 Å². The number of aryl methyl sites for hydroxylation is 1. The van der Waals surface area contributed by atoms with Crippen LogP contribution in [0.5, 0.6) is 0 Å². The molecule has 3 N–H and O–H groups in total. The molecule has 4 heteroatoms. The lowest BCUT2D eigenvalue weighted by molar-refractivity contribution is -0.125. The molecule has 0 bridgehead atoms. The van der Waals surface area contributed by atoms with Crippen molar-refractivity contribution in [2.24, 2.45) is 0 Å². The summed E-state index contributed by atoms with van der Waals surface area (Å²) in [6, 6.07) is 6.76. The predicted octanol–water partition coefficient (Wildman–Crippen LogP) is 2.18. The molecule has 0 aliphatic rings. The third-order valence-corrected chi connectivity index (χ3v) is 2.12. The zero-order chi connectivity index (χ0) is 13.3. The molecule has 0 saturated carbocycles. The largest absolute Gasteiger partial charge is 0.355 e. The van der Waals surface area contributed by atoms with Crippen molar-refractivity contribution >= 4 is 5.91 Å².